The largest absolute Gasteiger partial charge is 0.461 e. The van der Waals surface area contributed by atoms with E-state index in [1.54, 1.807) is 18.4 Å². The number of carbonyl (C=O) groups is 1. The van der Waals surface area contributed by atoms with Crippen LogP contribution in [0.5, 0.6) is 0 Å². The number of nitrogens with zero attached hydrogens (tertiary/aromatic N) is 2. The summed E-state index contributed by atoms with van der Waals surface area (Å²) in [6.07, 6.45) is 3.43. The molecule has 6 nitrogen and oxygen atoms in total. The molecule has 2 aromatic heterocycles. The number of thioether (sulfide) groups is 1. The van der Waals surface area contributed by atoms with Crippen molar-refractivity contribution in [2.24, 2.45) is 0 Å². The van der Waals surface area contributed by atoms with Crippen molar-refractivity contribution in [3.05, 3.63) is 54.3 Å². The quantitative estimate of drug-likeness (QED) is 0.605. The summed E-state index contributed by atoms with van der Waals surface area (Å²) in [4.78, 5) is 16.4. The highest BCUT2D eigenvalue weighted by Crippen LogP contribution is 2.19. The number of carbonyl (C=O) groups excluding carboxylic acids is 1. The van der Waals surface area contributed by atoms with E-state index in [0.29, 0.717) is 16.7 Å². The fourth-order valence-corrected chi connectivity index (χ4v) is 2.99. The molecule has 1 amide bonds. The molecule has 7 heteroatoms. The van der Waals surface area contributed by atoms with Crippen molar-refractivity contribution < 1.29 is 9.21 Å². The van der Waals surface area contributed by atoms with E-state index in [1.807, 2.05) is 25.1 Å². The molecule has 3 rings (SSSR count). The van der Waals surface area contributed by atoms with E-state index in [0.717, 1.165) is 12.8 Å². The molecule has 2 N–H and O–H groups in total. The zero-order valence-corrected chi connectivity index (χ0v) is 14.8. The Morgan fingerprint density at radius 3 is 2.88 bits per heavy atom. The number of aromatic amines is 1. The lowest BCUT2D eigenvalue weighted by Gasteiger charge is -2.13. The second-order valence-electron chi connectivity index (χ2n) is 5.73. The summed E-state index contributed by atoms with van der Waals surface area (Å²) in [5.41, 5.74) is 1.28. The third-order valence-electron chi connectivity index (χ3n) is 3.67. The Morgan fingerprint density at radius 2 is 2.12 bits per heavy atom. The molecule has 0 fully saturated rings. The van der Waals surface area contributed by atoms with Gasteiger partial charge in [0.05, 0.1) is 12.0 Å². The van der Waals surface area contributed by atoms with Gasteiger partial charge < -0.3 is 9.73 Å². The molecule has 0 aliphatic carbocycles. The number of hydrogen-bond acceptors (Lipinski definition) is 5. The van der Waals surface area contributed by atoms with Crippen molar-refractivity contribution in [2.45, 2.75) is 31.0 Å². The lowest BCUT2D eigenvalue weighted by Crippen LogP contribution is -2.34. The first-order valence-electron chi connectivity index (χ1n) is 8.13. The molecule has 130 valence electrons. The van der Waals surface area contributed by atoms with Crippen LogP contribution >= 0.6 is 11.8 Å². The summed E-state index contributed by atoms with van der Waals surface area (Å²) >= 11 is 1.30. The van der Waals surface area contributed by atoms with Crippen LogP contribution in [0.2, 0.25) is 0 Å². The van der Waals surface area contributed by atoms with E-state index in [9.17, 15) is 4.79 Å². The number of H-pyrrole nitrogens is 1. The van der Waals surface area contributed by atoms with Crippen LogP contribution in [0.1, 0.15) is 18.9 Å². The van der Waals surface area contributed by atoms with E-state index in [4.69, 9.17) is 4.42 Å². The summed E-state index contributed by atoms with van der Waals surface area (Å²) in [7, 11) is 0. The van der Waals surface area contributed by atoms with Gasteiger partial charge >= 0.3 is 0 Å². The normalized spacial score (nSPS) is 12.0. The van der Waals surface area contributed by atoms with Gasteiger partial charge in [0.2, 0.25) is 11.1 Å². The SMILES string of the molecule is C[C@@H](CCc1ccccc1)NC(=O)CSc1n[nH]c(-c2ccco2)n1. The maximum absolute atomic E-state index is 12.1. The van der Waals surface area contributed by atoms with E-state index >= 15 is 0 Å². The summed E-state index contributed by atoms with van der Waals surface area (Å²) in [6.45, 7) is 2.02. The Labute approximate surface area is 150 Å². The van der Waals surface area contributed by atoms with Gasteiger partial charge in [-0.15, -0.1) is 5.10 Å². The van der Waals surface area contributed by atoms with E-state index in [2.05, 4.69) is 32.6 Å². The molecule has 0 radical (unpaired) electrons. The van der Waals surface area contributed by atoms with Crippen LogP contribution in [-0.2, 0) is 11.2 Å². The van der Waals surface area contributed by atoms with Crippen LogP contribution in [0.15, 0.2) is 58.3 Å². The maximum atomic E-state index is 12.1. The lowest BCUT2D eigenvalue weighted by atomic mass is 10.1. The minimum Gasteiger partial charge on any atom is -0.461 e. The number of amides is 1. The van der Waals surface area contributed by atoms with Crippen molar-refractivity contribution in [3.63, 3.8) is 0 Å². The van der Waals surface area contributed by atoms with Gasteiger partial charge in [0.25, 0.3) is 0 Å². The number of aryl methyl sites for hydroxylation is 1. The molecule has 1 aromatic carbocycles. The van der Waals surface area contributed by atoms with Crippen LogP contribution in [0.25, 0.3) is 11.6 Å². The molecular weight excluding hydrogens is 336 g/mol. The highest BCUT2D eigenvalue weighted by atomic mass is 32.2. The van der Waals surface area contributed by atoms with Gasteiger partial charge in [-0.3, -0.25) is 9.89 Å². The lowest BCUT2D eigenvalue weighted by molar-refractivity contribution is -0.119. The summed E-state index contributed by atoms with van der Waals surface area (Å²) < 4.78 is 5.25. The number of aromatic nitrogens is 3. The third-order valence-corrected chi connectivity index (χ3v) is 4.52. The summed E-state index contributed by atoms with van der Waals surface area (Å²) in [5.74, 6) is 1.45. The molecule has 0 aliphatic heterocycles. The second kappa shape index (κ2) is 8.53. The Morgan fingerprint density at radius 1 is 1.28 bits per heavy atom. The number of hydrogen-bond donors (Lipinski definition) is 2. The first-order valence-corrected chi connectivity index (χ1v) is 9.11. The average molecular weight is 356 g/mol. The number of rotatable bonds is 8. The standard InChI is InChI=1S/C18H20N4O2S/c1-13(9-10-14-6-3-2-4-7-14)19-16(23)12-25-18-20-17(21-22-18)15-8-5-11-24-15/h2-8,11,13H,9-10,12H2,1H3,(H,19,23)(H,20,21,22)/t13-/m0/s1. The van der Waals surface area contributed by atoms with Crippen LogP contribution in [-0.4, -0.2) is 32.9 Å². The maximum Gasteiger partial charge on any atom is 0.230 e. The van der Waals surface area contributed by atoms with Crippen molar-refractivity contribution in [3.8, 4) is 11.6 Å². The molecular formula is C18H20N4O2S. The topological polar surface area (TPSA) is 83.8 Å². The molecule has 1 atom stereocenters. The van der Waals surface area contributed by atoms with E-state index in [1.165, 1.54) is 17.3 Å². The van der Waals surface area contributed by atoms with Crippen molar-refractivity contribution in [1.82, 2.24) is 20.5 Å². The highest BCUT2D eigenvalue weighted by molar-refractivity contribution is 7.99. The van der Waals surface area contributed by atoms with E-state index in [-0.39, 0.29) is 17.7 Å². The molecule has 0 bridgehead atoms. The molecule has 0 saturated heterocycles. The molecule has 0 saturated carbocycles. The predicted octanol–water partition coefficient (Wildman–Crippen LogP) is 3.29. The predicted molar refractivity (Wildman–Crippen MR) is 97.2 cm³/mol. The molecule has 2 heterocycles. The number of benzene rings is 1. The van der Waals surface area contributed by atoms with Gasteiger partial charge in [0.15, 0.2) is 11.6 Å². The van der Waals surface area contributed by atoms with Crippen LogP contribution in [0, 0.1) is 0 Å². The van der Waals surface area contributed by atoms with Gasteiger partial charge in [-0.1, -0.05) is 42.1 Å². The number of furan rings is 1. The fourth-order valence-electron chi connectivity index (χ4n) is 2.38. The van der Waals surface area contributed by atoms with Crippen LogP contribution in [0.4, 0.5) is 0 Å². The van der Waals surface area contributed by atoms with Crippen LogP contribution < -0.4 is 5.32 Å². The van der Waals surface area contributed by atoms with Crippen molar-refractivity contribution in [2.75, 3.05) is 5.75 Å². The minimum atomic E-state index is -0.0186. The molecule has 0 unspecified atom stereocenters. The van der Waals surface area contributed by atoms with E-state index < -0.39 is 0 Å². The van der Waals surface area contributed by atoms with Gasteiger partial charge in [0, 0.05) is 6.04 Å². The third kappa shape index (κ3) is 5.22. The van der Waals surface area contributed by atoms with Crippen molar-refractivity contribution in [1.29, 1.82) is 0 Å². The zero-order valence-electron chi connectivity index (χ0n) is 13.9. The van der Waals surface area contributed by atoms with Gasteiger partial charge in [-0.25, -0.2) is 0 Å². The Balaban J connectivity index is 1.40. The van der Waals surface area contributed by atoms with Crippen LogP contribution in [0.3, 0.4) is 0 Å². The highest BCUT2D eigenvalue weighted by Gasteiger charge is 2.12. The smallest absolute Gasteiger partial charge is 0.230 e. The summed E-state index contributed by atoms with van der Waals surface area (Å²) in [6, 6.07) is 14.0. The number of nitrogens with one attached hydrogen (secondary N) is 2. The minimum absolute atomic E-state index is 0.0186. The molecule has 3 aromatic rings. The van der Waals surface area contributed by atoms with Crippen molar-refractivity contribution >= 4 is 17.7 Å². The molecule has 0 spiro atoms. The Hall–Kier alpha value is -2.54. The molecule has 25 heavy (non-hydrogen) atoms. The monoisotopic (exact) mass is 356 g/mol. The zero-order chi connectivity index (χ0) is 17.5. The first-order chi connectivity index (χ1) is 12.2. The first kappa shape index (κ1) is 17.3. The second-order valence-corrected chi connectivity index (χ2v) is 6.67. The Kier molecular flexibility index (Phi) is 5.90. The molecule has 0 aliphatic rings. The van der Waals surface area contributed by atoms with Gasteiger partial charge in [0.1, 0.15) is 0 Å². The summed E-state index contributed by atoms with van der Waals surface area (Å²) in [5, 5.41) is 10.4. The van der Waals surface area contributed by atoms with Gasteiger partial charge in [-0.2, -0.15) is 4.98 Å². The average Bonchev–Trinajstić information content (AvgIpc) is 3.30. The van der Waals surface area contributed by atoms with Gasteiger partial charge in [-0.05, 0) is 37.5 Å². The Bertz CT molecular complexity index is 787. The fraction of sp³-hybridized carbons (Fsp3) is 0.278.